The number of nitrogens with zero attached hydrogens (tertiary/aromatic N) is 2. The van der Waals surface area contributed by atoms with Crippen LogP contribution in [-0.2, 0) is 0 Å². The minimum atomic E-state index is -0.588. The summed E-state index contributed by atoms with van der Waals surface area (Å²) in [7, 11) is 3.51. The van der Waals surface area contributed by atoms with Crippen molar-refractivity contribution in [1.29, 1.82) is 0 Å². The second kappa shape index (κ2) is 7.66. The number of guanidine groups is 1. The van der Waals surface area contributed by atoms with E-state index in [4.69, 9.17) is 4.74 Å². The van der Waals surface area contributed by atoms with Crippen LogP contribution in [0.3, 0.4) is 0 Å². The molecule has 132 valence electrons. The second-order valence-electron chi connectivity index (χ2n) is 6.63. The zero-order valence-electron chi connectivity index (χ0n) is 14.5. The van der Waals surface area contributed by atoms with Crippen LogP contribution >= 0.6 is 11.8 Å². The number of methoxy groups -OCH3 is 1. The number of aliphatic hydroxyl groups is 1. The van der Waals surface area contributed by atoms with Crippen LogP contribution in [0.4, 0.5) is 0 Å². The van der Waals surface area contributed by atoms with Crippen LogP contribution in [0.1, 0.15) is 24.3 Å². The van der Waals surface area contributed by atoms with E-state index in [2.05, 4.69) is 27.3 Å². The maximum atomic E-state index is 10.5. The van der Waals surface area contributed by atoms with Crippen molar-refractivity contribution >= 4 is 17.7 Å². The molecule has 0 radical (unpaired) electrons. The van der Waals surface area contributed by atoms with E-state index in [1.165, 1.54) is 5.56 Å². The van der Waals surface area contributed by atoms with Gasteiger partial charge >= 0.3 is 0 Å². The van der Waals surface area contributed by atoms with E-state index in [1.54, 1.807) is 7.11 Å². The molecule has 2 saturated heterocycles. The van der Waals surface area contributed by atoms with Crippen LogP contribution in [0.5, 0.6) is 5.75 Å². The van der Waals surface area contributed by atoms with Crippen molar-refractivity contribution in [2.45, 2.75) is 24.4 Å². The molecule has 2 N–H and O–H groups in total. The largest absolute Gasteiger partial charge is 0.497 e. The van der Waals surface area contributed by atoms with Crippen molar-refractivity contribution in [2.75, 3.05) is 45.3 Å². The summed E-state index contributed by atoms with van der Waals surface area (Å²) in [5.41, 5.74) is 0.759. The molecule has 6 heteroatoms. The Morgan fingerprint density at radius 3 is 2.88 bits per heavy atom. The summed E-state index contributed by atoms with van der Waals surface area (Å²) in [6.07, 6.45) is 1.98. The summed E-state index contributed by atoms with van der Waals surface area (Å²) >= 11 is 1.82. The number of hydrogen-bond donors (Lipinski definition) is 2. The molecule has 1 aromatic rings. The highest BCUT2D eigenvalue weighted by atomic mass is 32.2. The van der Waals surface area contributed by atoms with E-state index >= 15 is 0 Å². The standard InChI is InChI=1S/C18H27N3O2S/c1-19-17(20-12-18(22)8-10-24-13-18)21-9-7-15(11-21)14-3-5-16(23-2)6-4-14/h3-6,15,22H,7-13H2,1-2H3,(H,19,20). The molecule has 0 aliphatic carbocycles. The van der Waals surface area contributed by atoms with Crippen LogP contribution < -0.4 is 10.1 Å². The topological polar surface area (TPSA) is 57.1 Å². The molecular weight excluding hydrogens is 322 g/mol. The summed E-state index contributed by atoms with van der Waals surface area (Å²) in [6.45, 7) is 2.53. The van der Waals surface area contributed by atoms with Gasteiger partial charge in [-0.25, -0.2) is 0 Å². The molecule has 2 heterocycles. The Hall–Kier alpha value is -1.40. The van der Waals surface area contributed by atoms with Gasteiger partial charge in [0.2, 0.25) is 0 Å². The summed E-state index contributed by atoms with van der Waals surface area (Å²) < 4.78 is 5.23. The second-order valence-corrected chi connectivity index (χ2v) is 7.74. The van der Waals surface area contributed by atoms with Gasteiger partial charge in [0.1, 0.15) is 5.75 Å². The molecule has 0 saturated carbocycles. The quantitative estimate of drug-likeness (QED) is 0.643. The third-order valence-electron chi connectivity index (χ3n) is 4.94. The highest BCUT2D eigenvalue weighted by Gasteiger charge is 2.33. The van der Waals surface area contributed by atoms with Crippen LogP contribution in [0.15, 0.2) is 29.3 Å². The molecule has 2 fully saturated rings. The Bertz CT molecular complexity index is 570. The fourth-order valence-corrected chi connectivity index (χ4v) is 4.71. The molecular formula is C18H27N3O2S. The molecule has 5 nitrogen and oxygen atoms in total. The molecule has 0 aromatic heterocycles. The number of aliphatic imine (C=N–C) groups is 1. The SMILES string of the molecule is CN=C(NCC1(O)CCSC1)N1CCC(c2ccc(OC)cc2)C1. The number of rotatable bonds is 4. The van der Waals surface area contributed by atoms with Crippen molar-refractivity contribution in [3.05, 3.63) is 29.8 Å². The predicted molar refractivity (Wildman–Crippen MR) is 100 cm³/mol. The summed E-state index contributed by atoms with van der Waals surface area (Å²) in [5.74, 6) is 4.16. The highest BCUT2D eigenvalue weighted by molar-refractivity contribution is 7.99. The maximum absolute atomic E-state index is 10.5. The van der Waals surface area contributed by atoms with Crippen molar-refractivity contribution in [2.24, 2.45) is 4.99 Å². The van der Waals surface area contributed by atoms with E-state index in [1.807, 2.05) is 30.9 Å². The van der Waals surface area contributed by atoms with Crippen LogP contribution in [0.25, 0.3) is 0 Å². The lowest BCUT2D eigenvalue weighted by Crippen LogP contribution is -2.48. The van der Waals surface area contributed by atoms with Gasteiger partial charge in [-0.2, -0.15) is 11.8 Å². The first-order valence-corrected chi connectivity index (χ1v) is 9.69. The lowest BCUT2D eigenvalue weighted by atomic mass is 9.98. The number of hydrogen-bond acceptors (Lipinski definition) is 4. The third-order valence-corrected chi connectivity index (χ3v) is 6.18. The van der Waals surface area contributed by atoms with E-state index in [0.29, 0.717) is 12.5 Å². The molecule has 0 amide bonds. The zero-order valence-corrected chi connectivity index (χ0v) is 15.3. The van der Waals surface area contributed by atoms with Crippen molar-refractivity contribution in [1.82, 2.24) is 10.2 Å². The molecule has 24 heavy (non-hydrogen) atoms. The first-order chi connectivity index (χ1) is 11.6. The molecule has 2 unspecified atom stereocenters. The van der Waals surface area contributed by atoms with Crippen LogP contribution in [-0.4, -0.2) is 66.9 Å². The first kappa shape index (κ1) is 17.4. The molecule has 0 spiro atoms. The minimum Gasteiger partial charge on any atom is -0.497 e. The van der Waals surface area contributed by atoms with Gasteiger partial charge in [-0.05, 0) is 36.3 Å². The van der Waals surface area contributed by atoms with Crippen molar-refractivity contribution in [3.63, 3.8) is 0 Å². The smallest absolute Gasteiger partial charge is 0.193 e. The third kappa shape index (κ3) is 3.98. The van der Waals surface area contributed by atoms with Gasteiger partial charge in [0.15, 0.2) is 5.96 Å². The fourth-order valence-electron chi connectivity index (χ4n) is 3.41. The van der Waals surface area contributed by atoms with E-state index in [0.717, 1.165) is 49.1 Å². The summed E-state index contributed by atoms with van der Waals surface area (Å²) in [6, 6.07) is 8.36. The lowest BCUT2D eigenvalue weighted by Gasteiger charge is -2.27. The van der Waals surface area contributed by atoms with Gasteiger partial charge in [-0.1, -0.05) is 12.1 Å². The molecule has 1 aromatic carbocycles. The maximum Gasteiger partial charge on any atom is 0.193 e. The van der Waals surface area contributed by atoms with Gasteiger partial charge < -0.3 is 20.1 Å². The van der Waals surface area contributed by atoms with E-state index in [9.17, 15) is 5.11 Å². The van der Waals surface area contributed by atoms with E-state index < -0.39 is 5.60 Å². The number of ether oxygens (including phenoxy) is 1. The van der Waals surface area contributed by atoms with Crippen LogP contribution in [0.2, 0.25) is 0 Å². The summed E-state index contributed by atoms with van der Waals surface area (Å²) in [5, 5.41) is 13.9. The average molecular weight is 350 g/mol. The summed E-state index contributed by atoms with van der Waals surface area (Å²) in [4.78, 5) is 6.70. The first-order valence-electron chi connectivity index (χ1n) is 8.53. The van der Waals surface area contributed by atoms with Gasteiger partial charge in [-0.3, -0.25) is 4.99 Å². The zero-order chi connectivity index (χ0) is 17.0. The van der Waals surface area contributed by atoms with E-state index in [-0.39, 0.29) is 0 Å². The van der Waals surface area contributed by atoms with Crippen molar-refractivity contribution in [3.8, 4) is 5.75 Å². The average Bonchev–Trinajstić information content (AvgIpc) is 3.26. The molecule has 2 aliphatic rings. The highest BCUT2D eigenvalue weighted by Crippen LogP contribution is 2.29. The number of thioether (sulfide) groups is 1. The van der Waals surface area contributed by atoms with Crippen LogP contribution in [0, 0.1) is 0 Å². The Morgan fingerprint density at radius 1 is 1.46 bits per heavy atom. The van der Waals surface area contributed by atoms with Gasteiger partial charge in [0.25, 0.3) is 0 Å². The van der Waals surface area contributed by atoms with Gasteiger partial charge in [0, 0.05) is 38.4 Å². The normalized spacial score (nSPS) is 27.5. The fraction of sp³-hybridized carbons (Fsp3) is 0.611. The Labute approximate surface area is 148 Å². The monoisotopic (exact) mass is 349 g/mol. The Balaban J connectivity index is 1.56. The van der Waals surface area contributed by atoms with Gasteiger partial charge in [-0.15, -0.1) is 0 Å². The Kier molecular flexibility index (Phi) is 5.56. The number of nitrogens with one attached hydrogen (secondary N) is 1. The number of benzene rings is 1. The van der Waals surface area contributed by atoms with Crippen molar-refractivity contribution < 1.29 is 9.84 Å². The molecule has 3 rings (SSSR count). The minimum absolute atomic E-state index is 0.513. The van der Waals surface area contributed by atoms with Gasteiger partial charge in [0.05, 0.1) is 12.7 Å². The molecule has 2 aliphatic heterocycles. The predicted octanol–water partition coefficient (Wildman–Crippen LogP) is 1.93. The Morgan fingerprint density at radius 2 is 2.25 bits per heavy atom. The lowest BCUT2D eigenvalue weighted by molar-refractivity contribution is 0.0718. The molecule has 2 atom stereocenters. The molecule has 0 bridgehead atoms. The number of likely N-dealkylation sites (tertiary alicyclic amines) is 1.